The molecule has 2 aromatic rings. The van der Waals surface area contributed by atoms with Gasteiger partial charge in [0, 0.05) is 17.7 Å². The number of hydrogen-bond donors (Lipinski definition) is 3. The van der Waals surface area contributed by atoms with Gasteiger partial charge in [0.05, 0.1) is 22.7 Å². The number of ether oxygens (including phenoxy) is 2. The van der Waals surface area contributed by atoms with Crippen LogP contribution in [-0.2, 0) is 4.79 Å². The lowest BCUT2D eigenvalue weighted by atomic mass is 10.1. The Balaban J connectivity index is 2.44. The summed E-state index contributed by atoms with van der Waals surface area (Å²) < 4.78 is 9.85. The molecule has 0 amide bonds. The van der Waals surface area contributed by atoms with E-state index in [1.807, 2.05) is 0 Å². The number of aromatic hydroxyl groups is 1. The molecule has 0 saturated heterocycles. The Morgan fingerprint density at radius 2 is 1.83 bits per heavy atom. The van der Waals surface area contributed by atoms with Gasteiger partial charge in [-0.3, -0.25) is 25.7 Å². The van der Waals surface area contributed by atoms with E-state index in [0.717, 1.165) is 6.07 Å². The largest absolute Gasteiger partial charge is 0.507 e. The van der Waals surface area contributed by atoms with Gasteiger partial charge >= 0.3 is 17.3 Å². The number of rotatable bonds is 9. The van der Waals surface area contributed by atoms with Crippen molar-refractivity contribution in [3.63, 3.8) is 0 Å². The molecular weight excluding hydrogens is 404 g/mol. The van der Waals surface area contributed by atoms with Crippen LogP contribution in [0.2, 0.25) is 0 Å². The van der Waals surface area contributed by atoms with Crippen molar-refractivity contribution in [1.29, 1.82) is 0 Å². The lowest BCUT2D eigenvalue weighted by Gasteiger charge is -2.09. The quantitative estimate of drug-likeness (QED) is 0.309. The molecule has 13 nitrogen and oxygen atoms in total. The van der Waals surface area contributed by atoms with Crippen molar-refractivity contribution >= 4 is 28.7 Å². The molecule has 0 fully saturated rings. The summed E-state index contributed by atoms with van der Waals surface area (Å²) in [4.78, 5) is 31.4. The maximum absolute atomic E-state index is 11.3. The summed E-state index contributed by atoms with van der Waals surface area (Å²) in [5, 5.41) is 45.2. The molecule has 0 saturated carbocycles. The molecule has 0 radical (unpaired) electrons. The molecule has 158 valence electrons. The molecule has 0 atom stereocenters. The third-order valence-corrected chi connectivity index (χ3v) is 3.76. The number of carbonyl (C=O) groups is 1. The molecule has 0 aromatic heterocycles. The van der Waals surface area contributed by atoms with Crippen LogP contribution in [-0.4, -0.2) is 45.5 Å². The van der Waals surface area contributed by atoms with Crippen molar-refractivity contribution in [2.75, 3.05) is 19.1 Å². The molecule has 3 N–H and O–H groups in total. The first-order chi connectivity index (χ1) is 14.1. The Hall–Kier alpha value is -4.42. The van der Waals surface area contributed by atoms with E-state index in [2.05, 4.69) is 10.5 Å². The number of nitrogens with one attached hydrogen (secondary N) is 1. The molecule has 0 aliphatic rings. The maximum atomic E-state index is 11.3. The fourth-order valence-electron chi connectivity index (χ4n) is 2.34. The lowest BCUT2D eigenvalue weighted by Crippen LogP contribution is -2.11. The van der Waals surface area contributed by atoms with Crippen LogP contribution in [0.3, 0.4) is 0 Å². The zero-order chi connectivity index (χ0) is 22.4. The first kappa shape index (κ1) is 21.9. The Morgan fingerprint density at radius 1 is 1.17 bits per heavy atom. The standard InChI is InChI=1S/C17H16N4O9/c1-9(11-4-3-10(29-2)5-15(11)22)18-19-12-6-16(30-8-17(23)24)14(21(27)28)7-13(12)20(25)26/h3-7,19,22H,8H2,1-2H3,(H,23,24). The van der Waals surface area contributed by atoms with Crippen molar-refractivity contribution in [3.8, 4) is 17.2 Å². The molecule has 0 unspecified atom stereocenters. The van der Waals surface area contributed by atoms with Crippen molar-refractivity contribution in [2.24, 2.45) is 5.10 Å². The maximum Gasteiger partial charge on any atom is 0.341 e. The number of phenols is 1. The third kappa shape index (κ3) is 5.09. The number of nitro benzene ring substituents is 2. The Bertz CT molecular complexity index is 1040. The van der Waals surface area contributed by atoms with E-state index in [4.69, 9.17) is 14.6 Å². The van der Waals surface area contributed by atoms with E-state index in [-0.39, 0.29) is 17.1 Å². The highest BCUT2D eigenvalue weighted by molar-refractivity contribution is 6.01. The number of methoxy groups -OCH3 is 1. The average Bonchev–Trinajstić information content (AvgIpc) is 2.69. The summed E-state index contributed by atoms with van der Waals surface area (Å²) in [5.74, 6) is -1.62. The lowest BCUT2D eigenvalue weighted by molar-refractivity contribution is -0.394. The SMILES string of the molecule is COc1ccc(C(C)=NNc2cc(OCC(=O)O)c([N+](=O)[O-])cc2[N+](=O)[O-])c(O)c1. The molecule has 0 spiro atoms. The van der Waals surface area contributed by atoms with E-state index in [1.165, 1.54) is 26.2 Å². The molecule has 30 heavy (non-hydrogen) atoms. The van der Waals surface area contributed by atoms with Crippen LogP contribution in [0, 0.1) is 20.2 Å². The highest BCUT2D eigenvalue weighted by Gasteiger charge is 2.26. The smallest absolute Gasteiger partial charge is 0.341 e. The number of phenolic OH excluding ortho intramolecular Hbond substituents is 1. The van der Waals surface area contributed by atoms with Crippen LogP contribution in [0.5, 0.6) is 17.2 Å². The summed E-state index contributed by atoms with van der Waals surface area (Å²) in [6.45, 7) is 0.619. The number of carboxylic acids is 1. The number of nitrogens with zero attached hydrogens (tertiary/aromatic N) is 3. The minimum Gasteiger partial charge on any atom is -0.507 e. The third-order valence-electron chi connectivity index (χ3n) is 3.76. The Morgan fingerprint density at radius 3 is 2.37 bits per heavy atom. The van der Waals surface area contributed by atoms with E-state index >= 15 is 0 Å². The van der Waals surface area contributed by atoms with Gasteiger partial charge in [-0.15, -0.1) is 0 Å². The fourth-order valence-corrected chi connectivity index (χ4v) is 2.34. The van der Waals surface area contributed by atoms with Crippen LogP contribution in [0.25, 0.3) is 0 Å². The van der Waals surface area contributed by atoms with Gasteiger partial charge in [-0.1, -0.05) is 0 Å². The zero-order valence-corrected chi connectivity index (χ0v) is 15.7. The molecule has 2 aromatic carbocycles. The first-order valence-corrected chi connectivity index (χ1v) is 8.13. The van der Waals surface area contributed by atoms with Gasteiger partial charge < -0.3 is 19.7 Å². The van der Waals surface area contributed by atoms with Gasteiger partial charge in [0.25, 0.3) is 0 Å². The molecule has 0 bridgehead atoms. The van der Waals surface area contributed by atoms with Crippen LogP contribution >= 0.6 is 0 Å². The van der Waals surface area contributed by atoms with E-state index in [1.54, 1.807) is 6.07 Å². The number of carboxylic acid groups (broad SMARTS) is 1. The highest BCUT2D eigenvalue weighted by atomic mass is 16.6. The van der Waals surface area contributed by atoms with E-state index in [0.29, 0.717) is 17.4 Å². The monoisotopic (exact) mass is 420 g/mol. The first-order valence-electron chi connectivity index (χ1n) is 8.13. The molecule has 0 aliphatic heterocycles. The number of aliphatic carboxylic acids is 1. The topological polar surface area (TPSA) is 187 Å². The van der Waals surface area contributed by atoms with Gasteiger partial charge in [-0.2, -0.15) is 5.10 Å². The summed E-state index contributed by atoms with van der Waals surface area (Å²) >= 11 is 0. The summed E-state index contributed by atoms with van der Waals surface area (Å²) in [5.41, 5.74) is 1.19. The van der Waals surface area contributed by atoms with Gasteiger partial charge in [-0.05, 0) is 19.1 Å². The normalized spacial score (nSPS) is 10.9. The van der Waals surface area contributed by atoms with Gasteiger partial charge in [0.1, 0.15) is 23.3 Å². The molecule has 0 aliphatic carbocycles. The number of benzene rings is 2. The van der Waals surface area contributed by atoms with E-state index in [9.17, 15) is 30.1 Å². The molecular formula is C17H16N4O9. The molecule has 2 rings (SSSR count). The summed E-state index contributed by atoms with van der Waals surface area (Å²) in [6, 6.07) is 5.97. The number of nitro groups is 2. The average molecular weight is 420 g/mol. The van der Waals surface area contributed by atoms with Crippen molar-refractivity contribution in [1.82, 2.24) is 0 Å². The highest BCUT2D eigenvalue weighted by Crippen LogP contribution is 2.37. The van der Waals surface area contributed by atoms with Gasteiger partial charge in [0.2, 0.25) is 0 Å². The number of hydrazone groups is 1. The second-order valence-corrected chi connectivity index (χ2v) is 5.73. The minimum atomic E-state index is -1.39. The van der Waals surface area contributed by atoms with Crippen LogP contribution < -0.4 is 14.9 Å². The van der Waals surface area contributed by atoms with Crippen LogP contribution in [0.15, 0.2) is 35.4 Å². The van der Waals surface area contributed by atoms with Crippen molar-refractivity contribution in [3.05, 3.63) is 56.1 Å². The predicted octanol–water partition coefficient (Wildman–Crippen LogP) is 2.52. The van der Waals surface area contributed by atoms with Crippen LogP contribution in [0.4, 0.5) is 17.1 Å². The Labute approximate surface area is 168 Å². The predicted molar refractivity (Wildman–Crippen MR) is 103 cm³/mol. The second kappa shape index (κ2) is 9.18. The number of anilines is 1. The number of hydrogen-bond acceptors (Lipinski definition) is 10. The fraction of sp³-hybridized carbons (Fsp3) is 0.176. The van der Waals surface area contributed by atoms with Gasteiger partial charge in [-0.25, -0.2) is 4.79 Å². The zero-order valence-electron chi connectivity index (χ0n) is 15.7. The van der Waals surface area contributed by atoms with Crippen molar-refractivity contribution < 1.29 is 34.3 Å². The van der Waals surface area contributed by atoms with E-state index < -0.39 is 39.5 Å². The Kier molecular flexibility index (Phi) is 6.70. The van der Waals surface area contributed by atoms with Gasteiger partial charge in [0.15, 0.2) is 12.4 Å². The van der Waals surface area contributed by atoms with Crippen LogP contribution in [0.1, 0.15) is 12.5 Å². The second-order valence-electron chi connectivity index (χ2n) is 5.73. The molecule has 13 heteroatoms. The van der Waals surface area contributed by atoms with Crippen molar-refractivity contribution in [2.45, 2.75) is 6.92 Å². The summed E-state index contributed by atoms with van der Waals surface area (Å²) in [6.07, 6.45) is 0. The minimum absolute atomic E-state index is 0.152. The molecule has 0 heterocycles. The summed E-state index contributed by atoms with van der Waals surface area (Å²) in [7, 11) is 1.43.